The Labute approximate surface area is 165 Å². The van der Waals surface area contributed by atoms with Gasteiger partial charge in [0.25, 0.3) is 5.91 Å². The number of thioether (sulfide) groups is 1. The summed E-state index contributed by atoms with van der Waals surface area (Å²) >= 11 is 2.53. The number of benzene rings is 1. The van der Waals surface area contributed by atoms with Crippen molar-refractivity contribution in [2.24, 2.45) is 0 Å². The van der Waals surface area contributed by atoms with Crippen molar-refractivity contribution in [3.63, 3.8) is 0 Å². The zero-order valence-corrected chi connectivity index (χ0v) is 16.9. The van der Waals surface area contributed by atoms with Gasteiger partial charge >= 0.3 is 5.97 Å². The molecule has 1 heterocycles. The van der Waals surface area contributed by atoms with Crippen LogP contribution in [-0.2, 0) is 15.3 Å². The van der Waals surface area contributed by atoms with Crippen LogP contribution in [-0.4, -0.2) is 31.4 Å². The molecular weight excluding hydrogens is 386 g/mol. The first kappa shape index (κ1) is 20.8. The van der Waals surface area contributed by atoms with E-state index in [-0.39, 0.29) is 29.0 Å². The zero-order chi connectivity index (χ0) is 20.0. The molecule has 0 aliphatic rings. The molecule has 0 radical (unpaired) electrons. The molecule has 0 unspecified atom stereocenters. The third-order valence-corrected chi connectivity index (χ3v) is 5.60. The first-order chi connectivity index (χ1) is 12.9. The predicted octanol–water partition coefficient (Wildman–Crippen LogP) is 3.12. The minimum absolute atomic E-state index is 0.140. The standard InChI is InChI=1S/C18H21N3O4S2/c1-4-25-18(24)14-13(15(17(23)20-3)27-16(14)19)9-26-12-7-5-11(6-8-12)21-10(2)22/h5-8H,4,9,19H2,1-3H3,(H,20,23)(H,21,22). The lowest BCUT2D eigenvalue weighted by Crippen LogP contribution is -2.18. The Balaban J connectivity index is 2.26. The van der Waals surface area contributed by atoms with E-state index in [9.17, 15) is 14.4 Å². The topological polar surface area (TPSA) is 111 Å². The van der Waals surface area contributed by atoms with Crippen LogP contribution in [0.4, 0.5) is 10.7 Å². The van der Waals surface area contributed by atoms with Crippen molar-refractivity contribution in [1.29, 1.82) is 0 Å². The summed E-state index contributed by atoms with van der Waals surface area (Å²) in [4.78, 5) is 36.9. The summed E-state index contributed by atoms with van der Waals surface area (Å²) in [6, 6.07) is 7.29. The van der Waals surface area contributed by atoms with Crippen molar-refractivity contribution in [2.75, 3.05) is 24.7 Å². The number of hydrogen-bond acceptors (Lipinski definition) is 7. The first-order valence-corrected chi connectivity index (χ1v) is 9.98. The van der Waals surface area contributed by atoms with Gasteiger partial charge in [-0.2, -0.15) is 0 Å². The lowest BCUT2D eigenvalue weighted by Gasteiger charge is -2.08. The highest BCUT2D eigenvalue weighted by Gasteiger charge is 2.26. The van der Waals surface area contributed by atoms with Crippen LogP contribution in [0.5, 0.6) is 0 Å². The van der Waals surface area contributed by atoms with E-state index in [1.165, 1.54) is 25.7 Å². The van der Waals surface area contributed by atoms with Gasteiger partial charge in [-0.05, 0) is 31.2 Å². The maximum atomic E-state index is 12.3. The Morgan fingerprint density at radius 3 is 2.44 bits per heavy atom. The number of nitrogen functional groups attached to an aromatic ring is 1. The third kappa shape index (κ3) is 5.24. The van der Waals surface area contributed by atoms with E-state index in [1.807, 2.05) is 12.1 Å². The molecule has 9 heteroatoms. The van der Waals surface area contributed by atoms with Gasteiger partial charge in [0.05, 0.1) is 17.0 Å². The van der Waals surface area contributed by atoms with Crippen molar-refractivity contribution in [3.8, 4) is 0 Å². The summed E-state index contributed by atoms with van der Waals surface area (Å²) in [5.74, 6) is -0.584. The second-order valence-electron chi connectivity index (χ2n) is 5.44. The van der Waals surface area contributed by atoms with Crippen LogP contribution in [0.15, 0.2) is 29.2 Å². The highest BCUT2D eigenvalue weighted by molar-refractivity contribution is 7.98. The average Bonchev–Trinajstić information content (AvgIpc) is 2.96. The monoisotopic (exact) mass is 407 g/mol. The largest absolute Gasteiger partial charge is 0.462 e. The number of amides is 2. The Morgan fingerprint density at radius 1 is 1.22 bits per heavy atom. The van der Waals surface area contributed by atoms with Crippen molar-refractivity contribution in [3.05, 3.63) is 40.3 Å². The van der Waals surface area contributed by atoms with Crippen LogP contribution < -0.4 is 16.4 Å². The molecule has 0 saturated carbocycles. The number of hydrogen-bond donors (Lipinski definition) is 3. The number of rotatable bonds is 7. The summed E-state index contributed by atoms with van der Waals surface area (Å²) < 4.78 is 5.09. The minimum atomic E-state index is -0.530. The van der Waals surface area contributed by atoms with E-state index >= 15 is 0 Å². The van der Waals surface area contributed by atoms with Crippen LogP contribution in [0.3, 0.4) is 0 Å². The highest BCUT2D eigenvalue weighted by Crippen LogP contribution is 2.36. The molecule has 0 aliphatic heterocycles. The van der Waals surface area contributed by atoms with Crippen LogP contribution in [0.2, 0.25) is 0 Å². The molecule has 1 aromatic carbocycles. The van der Waals surface area contributed by atoms with Gasteiger partial charge in [-0.1, -0.05) is 0 Å². The van der Waals surface area contributed by atoms with Crippen molar-refractivity contribution in [1.82, 2.24) is 5.32 Å². The first-order valence-electron chi connectivity index (χ1n) is 8.18. The molecule has 2 rings (SSSR count). The van der Waals surface area contributed by atoms with Crippen molar-refractivity contribution in [2.45, 2.75) is 24.5 Å². The molecule has 0 bridgehead atoms. The third-order valence-electron chi connectivity index (χ3n) is 3.50. The molecule has 0 fully saturated rings. The molecule has 27 heavy (non-hydrogen) atoms. The quantitative estimate of drug-likeness (QED) is 0.480. The Morgan fingerprint density at radius 2 is 1.89 bits per heavy atom. The molecule has 1 aromatic heterocycles. The van der Waals surface area contributed by atoms with Crippen LogP contribution in [0, 0.1) is 0 Å². The molecule has 2 amide bonds. The molecule has 7 nitrogen and oxygen atoms in total. The second-order valence-corrected chi connectivity index (χ2v) is 7.54. The Hall–Kier alpha value is -2.52. The Kier molecular flexibility index (Phi) is 7.26. The van der Waals surface area contributed by atoms with Gasteiger partial charge in [0.15, 0.2) is 0 Å². The number of nitrogens with two attached hydrogens (primary N) is 1. The maximum Gasteiger partial charge on any atom is 0.341 e. The molecule has 144 valence electrons. The molecule has 0 aliphatic carbocycles. The molecule has 0 atom stereocenters. The van der Waals surface area contributed by atoms with E-state index in [0.29, 0.717) is 21.9 Å². The van der Waals surface area contributed by atoms with E-state index in [2.05, 4.69) is 10.6 Å². The van der Waals surface area contributed by atoms with Gasteiger partial charge in [0.1, 0.15) is 5.00 Å². The fraction of sp³-hybridized carbons (Fsp3) is 0.278. The van der Waals surface area contributed by atoms with Gasteiger partial charge in [-0.25, -0.2) is 4.79 Å². The van der Waals surface area contributed by atoms with Gasteiger partial charge in [0.2, 0.25) is 5.91 Å². The lowest BCUT2D eigenvalue weighted by molar-refractivity contribution is -0.114. The second kappa shape index (κ2) is 9.43. The zero-order valence-electron chi connectivity index (χ0n) is 15.3. The fourth-order valence-electron chi connectivity index (χ4n) is 2.34. The van der Waals surface area contributed by atoms with Gasteiger partial charge in [-0.3, -0.25) is 9.59 Å². The van der Waals surface area contributed by atoms with Crippen LogP contribution in [0.25, 0.3) is 0 Å². The normalized spacial score (nSPS) is 10.3. The van der Waals surface area contributed by atoms with Crippen LogP contribution >= 0.6 is 23.1 Å². The number of ether oxygens (including phenoxy) is 1. The van der Waals surface area contributed by atoms with E-state index in [4.69, 9.17) is 10.5 Å². The van der Waals surface area contributed by atoms with Gasteiger partial charge < -0.3 is 21.1 Å². The number of thiophene rings is 1. The lowest BCUT2D eigenvalue weighted by atomic mass is 10.1. The fourth-order valence-corrected chi connectivity index (χ4v) is 4.38. The summed E-state index contributed by atoms with van der Waals surface area (Å²) in [6.45, 7) is 3.38. The van der Waals surface area contributed by atoms with Crippen molar-refractivity contribution < 1.29 is 19.1 Å². The highest BCUT2D eigenvalue weighted by atomic mass is 32.2. The molecule has 2 aromatic rings. The average molecular weight is 408 g/mol. The van der Waals surface area contributed by atoms with Gasteiger partial charge in [0, 0.05) is 35.9 Å². The molecular formula is C18H21N3O4S2. The molecule has 0 spiro atoms. The smallest absolute Gasteiger partial charge is 0.341 e. The summed E-state index contributed by atoms with van der Waals surface area (Å²) in [7, 11) is 1.53. The summed E-state index contributed by atoms with van der Waals surface area (Å²) in [5.41, 5.74) is 7.50. The van der Waals surface area contributed by atoms with Crippen LogP contribution in [0.1, 0.15) is 39.4 Å². The summed E-state index contributed by atoms with van der Waals surface area (Å²) in [6.07, 6.45) is 0. The van der Waals surface area contributed by atoms with Crippen molar-refractivity contribution >= 4 is 51.6 Å². The van der Waals surface area contributed by atoms with Gasteiger partial charge in [-0.15, -0.1) is 23.1 Å². The number of carbonyl (C=O) groups is 3. The number of anilines is 2. The minimum Gasteiger partial charge on any atom is -0.462 e. The number of nitrogens with one attached hydrogen (secondary N) is 2. The van der Waals surface area contributed by atoms with E-state index < -0.39 is 5.97 Å². The number of esters is 1. The van der Waals surface area contributed by atoms with E-state index in [0.717, 1.165) is 16.2 Å². The Bertz CT molecular complexity index is 847. The molecule has 4 N–H and O–H groups in total. The summed E-state index contributed by atoms with van der Waals surface area (Å²) in [5, 5.41) is 5.54. The number of carbonyl (C=O) groups excluding carboxylic acids is 3. The predicted molar refractivity (Wildman–Crippen MR) is 108 cm³/mol. The van der Waals surface area contributed by atoms with E-state index in [1.54, 1.807) is 19.1 Å². The molecule has 0 saturated heterocycles. The maximum absolute atomic E-state index is 12.3. The SMILES string of the molecule is CCOC(=O)c1c(N)sc(C(=O)NC)c1CSc1ccc(NC(C)=O)cc1.